The van der Waals surface area contributed by atoms with E-state index in [4.69, 9.17) is 9.47 Å². The van der Waals surface area contributed by atoms with Crippen molar-refractivity contribution in [3.05, 3.63) is 89.5 Å². The summed E-state index contributed by atoms with van der Waals surface area (Å²) in [6.45, 7) is 0.988. The van der Waals surface area contributed by atoms with Gasteiger partial charge in [0.15, 0.2) is 11.5 Å². The number of carbonyl (C=O) groups is 2. The molecule has 0 radical (unpaired) electrons. The highest BCUT2D eigenvalue weighted by molar-refractivity contribution is 5.96. The molecule has 2 aliphatic heterocycles. The minimum absolute atomic E-state index is 0.123. The van der Waals surface area contributed by atoms with E-state index in [1.807, 2.05) is 6.07 Å². The maximum atomic E-state index is 14.0. The van der Waals surface area contributed by atoms with Crippen molar-refractivity contribution in [2.75, 3.05) is 19.9 Å². The molecule has 0 aliphatic carbocycles. The van der Waals surface area contributed by atoms with Crippen LogP contribution in [0, 0.1) is 11.7 Å². The number of carbonyl (C=O) groups excluding carboxylic acids is 2. The number of benzene rings is 2. The van der Waals surface area contributed by atoms with Crippen molar-refractivity contribution in [2.45, 2.75) is 12.5 Å². The molecular weight excluding hydrogens is 425 g/mol. The number of amides is 2. The lowest BCUT2D eigenvalue weighted by Crippen LogP contribution is -2.35. The summed E-state index contributed by atoms with van der Waals surface area (Å²) in [5.74, 6) is -0.492. The SMILES string of the molecule is O=C(NCc1cccnc1)C1CN(C(=O)c2ccc3c(c2)OCO3)CC1c1cccc(F)c1. The first kappa shape index (κ1) is 20.9. The Bertz CT molecular complexity index is 1190. The van der Waals surface area contributed by atoms with Crippen LogP contribution in [0.25, 0.3) is 0 Å². The molecule has 0 saturated carbocycles. The maximum absolute atomic E-state index is 14.0. The van der Waals surface area contributed by atoms with Crippen molar-refractivity contribution in [1.29, 1.82) is 0 Å². The Kier molecular flexibility index (Phi) is 5.64. The number of pyridine rings is 1. The van der Waals surface area contributed by atoms with E-state index in [1.54, 1.807) is 53.7 Å². The highest BCUT2D eigenvalue weighted by Gasteiger charge is 2.40. The zero-order chi connectivity index (χ0) is 22.8. The van der Waals surface area contributed by atoms with Crippen molar-refractivity contribution in [2.24, 2.45) is 5.92 Å². The number of fused-ring (bicyclic) bond motifs is 1. The predicted octanol–water partition coefficient (Wildman–Crippen LogP) is 3.12. The summed E-state index contributed by atoms with van der Waals surface area (Å²) in [6.07, 6.45) is 3.36. The average molecular weight is 447 g/mol. The summed E-state index contributed by atoms with van der Waals surface area (Å²) in [7, 11) is 0. The van der Waals surface area contributed by atoms with Crippen LogP contribution < -0.4 is 14.8 Å². The largest absolute Gasteiger partial charge is 0.454 e. The van der Waals surface area contributed by atoms with E-state index in [0.29, 0.717) is 35.7 Å². The van der Waals surface area contributed by atoms with Crippen LogP contribution in [-0.4, -0.2) is 41.6 Å². The number of hydrogen-bond acceptors (Lipinski definition) is 5. The van der Waals surface area contributed by atoms with Gasteiger partial charge < -0.3 is 19.7 Å². The number of ether oxygens (including phenoxy) is 2. The average Bonchev–Trinajstić information content (AvgIpc) is 3.50. The molecule has 1 N–H and O–H groups in total. The second-order valence-corrected chi connectivity index (χ2v) is 8.13. The standard InChI is InChI=1S/C25H22FN3O4/c26-19-5-1-4-17(9-19)20-13-29(25(31)18-6-7-22-23(10-18)33-15-32-22)14-21(20)24(30)28-12-16-3-2-8-27-11-16/h1-11,20-21H,12-15H2,(H,28,30). The van der Waals surface area contributed by atoms with E-state index in [-0.39, 0.29) is 36.9 Å². The number of likely N-dealkylation sites (tertiary alicyclic amines) is 1. The first-order chi connectivity index (χ1) is 16.1. The molecule has 1 fully saturated rings. The third-order valence-corrected chi connectivity index (χ3v) is 6.03. The van der Waals surface area contributed by atoms with E-state index in [9.17, 15) is 14.0 Å². The Morgan fingerprint density at radius 2 is 1.94 bits per heavy atom. The quantitative estimate of drug-likeness (QED) is 0.650. The molecule has 2 unspecified atom stereocenters. The Labute approximate surface area is 190 Å². The van der Waals surface area contributed by atoms with Crippen molar-refractivity contribution in [3.8, 4) is 11.5 Å². The summed E-state index contributed by atoms with van der Waals surface area (Å²) in [4.78, 5) is 32.1. The molecule has 33 heavy (non-hydrogen) atoms. The third kappa shape index (κ3) is 4.37. The molecule has 7 nitrogen and oxygen atoms in total. The summed E-state index contributed by atoms with van der Waals surface area (Å²) in [5.41, 5.74) is 2.02. The Balaban J connectivity index is 1.37. The van der Waals surface area contributed by atoms with Crippen LogP contribution in [-0.2, 0) is 11.3 Å². The monoisotopic (exact) mass is 447 g/mol. The summed E-state index contributed by atoms with van der Waals surface area (Å²) < 4.78 is 24.7. The molecule has 3 heterocycles. The minimum atomic E-state index is -0.513. The fraction of sp³-hybridized carbons (Fsp3) is 0.240. The Morgan fingerprint density at radius 1 is 1.06 bits per heavy atom. The van der Waals surface area contributed by atoms with Gasteiger partial charge in [0.05, 0.1) is 5.92 Å². The molecule has 1 aromatic heterocycles. The van der Waals surface area contributed by atoms with Gasteiger partial charge >= 0.3 is 0 Å². The Morgan fingerprint density at radius 3 is 2.76 bits per heavy atom. The molecule has 0 bridgehead atoms. The molecule has 3 aromatic rings. The van der Waals surface area contributed by atoms with E-state index in [2.05, 4.69) is 10.3 Å². The fourth-order valence-electron chi connectivity index (χ4n) is 4.35. The maximum Gasteiger partial charge on any atom is 0.254 e. The van der Waals surface area contributed by atoms with Crippen molar-refractivity contribution in [3.63, 3.8) is 0 Å². The molecule has 8 heteroatoms. The Hall–Kier alpha value is -3.94. The zero-order valence-corrected chi connectivity index (χ0v) is 17.7. The van der Waals surface area contributed by atoms with Gasteiger partial charge in [-0.15, -0.1) is 0 Å². The smallest absolute Gasteiger partial charge is 0.254 e. The van der Waals surface area contributed by atoms with Crippen LogP contribution in [0.1, 0.15) is 27.4 Å². The number of nitrogens with zero attached hydrogens (tertiary/aromatic N) is 2. The molecule has 1 saturated heterocycles. The minimum Gasteiger partial charge on any atom is -0.454 e. The van der Waals surface area contributed by atoms with Gasteiger partial charge in [0, 0.05) is 43.5 Å². The molecule has 168 valence electrons. The van der Waals surface area contributed by atoms with E-state index in [0.717, 1.165) is 5.56 Å². The van der Waals surface area contributed by atoms with Crippen LogP contribution in [0.5, 0.6) is 11.5 Å². The van der Waals surface area contributed by atoms with Crippen molar-refractivity contribution in [1.82, 2.24) is 15.2 Å². The van der Waals surface area contributed by atoms with E-state index >= 15 is 0 Å². The van der Waals surface area contributed by atoms with Crippen LogP contribution in [0.2, 0.25) is 0 Å². The molecule has 2 aromatic carbocycles. The van der Waals surface area contributed by atoms with Gasteiger partial charge in [-0.1, -0.05) is 18.2 Å². The number of aromatic nitrogens is 1. The number of rotatable bonds is 5. The third-order valence-electron chi connectivity index (χ3n) is 6.03. The lowest BCUT2D eigenvalue weighted by Gasteiger charge is -2.18. The van der Waals surface area contributed by atoms with Crippen LogP contribution in [0.3, 0.4) is 0 Å². The number of nitrogens with one attached hydrogen (secondary N) is 1. The molecule has 2 atom stereocenters. The fourth-order valence-corrected chi connectivity index (χ4v) is 4.35. The summed E-state index contributed by atoms with van der Waals surface area (Å²) in [5, 5.41) is 2.94. The number of halogens is 1. The summed E-state index contributed by atoms with van der Waals surface area (Å²) in [6, 6.07) is 14.9. The molecule has 0 spiro atoms. The van der Waals surface area contributed by atoms with Crippen molar-refractivity contribution >= 4 is 11.8 Å². The normalized spacial score (nSPS) is 18.9. The molecular formula is C25H22FN3O4. The molecule has 5 rings (SSSR count). The first-order valence-electron chi connectivity index (χ1n) is 10.7. The van der Waals surface area contributed by atoms with Gasteiger partial charge in [0.2, 0.25) is 12.7 Å². The van der Waals surface area contributed by atoms with Crippen LogP contribution in [0.15, 0.2) is 67.0 Å². The van der Waals surface area contributed by atoms with Crippen molar-refractivity contribution < 1.29 is 23.5 Å². The van der Waals surface area contributed by atoms with E-state index in [1.165, 1.54) is 12.1 Å². The van der Waals surface area contributed by atoms with Gasteiger partial charge in [-0.05, 0) is 47.5 Å². The highest BCUT2D eigenvalue weighted by Crippen LogP contribution is 2.36. The highest BCUT2D eigenvalue weighted by atomic mass is 19.1. The topological polar surface area (TPSA) is 80.8 Å². The van der Waals surface area contributed by atoms with Crippen LogP contribution >= 0.6 is 0 Å². The molecule has 2 amide bonds. The second-order valence-electron chi connectivity index (χ2n) is 8.13. The second kappa shape index (κ2) is 8.90. The lowest BCUT2D eigenvalue weighted by molar-refractivity contribution is -0.125. The van der Waals surface area contributed by atoms with E-state index < -0.39 is 5.92 Å². The van der Waals surface area contributed by atoms with Gasteiger partial charge in [0.25, 0.3) is 5.91 Å². The lowest BCUT2D eigenvalue weighted by atomic mass is 9.88. The first-order valence-corrected chi connectivity index (χ1v) is 10.7. The van der Waals surface area contributed by atoms with Gasteiger partial charge in [0.1, 0.15) is 5.82 Å². The number of hydrogen-bond donors (Lipinski definition) is 1. The zero-order valence-electron chi connectivity index (χ0n) is 17.7. The van der Waals surface area contributed by atoms with Crippen LogP contribution in [0.4, 0.5) is 4.39 Å². The molecule has 2 aliphatic rings. The summed E-state index contributed by atoms with van der Waals surface area (Å²) >= 11 is 0. The van der Waals surface area contributed by atoms with Gasteiger partial charge in [-0.25, -0.2) is 4.39 Å². The van der Waals surface area contributed by atoms with Gasteiger partial charge in [-0.3, -0.25) is 14.6 Å². The predicted molar refractivity (Wildman–Crippen MR) is 117 cm³/mol. The van der Waals surface area contributed by atoms with Gasteiger partial charge in [-0.2, -0.15) is 0 Å².